The molecule has 1 aliphatic heterocycles. The third kappa shape index (κ3) is 3.15. The topological polar surface area (TPSA) is 72.9 Å². The number of hydrogen-bond acceptors (Lipinski definition) is 5. The Balaban J connectivity index is 2.05. The highest BCUT2D eigenvalue weighted by molar-refractivity contribution is 6.08. The number of amides is 1. The molecule has 0 N–H and O–H groups in total. The van der Waals surface area contributed by atoms with E-state index in [1.165, 1.54) is 13.2 Å². The van der Waals surface area contributed by atoms with Crippen LogP contribution in [0.15, 0.2) is 12.2 Å². The van der Waals surface area contributed by atoms with Gasteiger partial charge in [-0.25, -0.2) is 4.79 Å². The number of carbonyl (C=O) groups excluding carboxylic acids is 3. The minimum absolute atomic E-state index is 0.211. The summed E-state index contributed by atoms with van der Waals surface area (Å²) in [6.07, 6.45) is 4.02. The van der Waals surface area contributed by atoms with Crippen LogP contribution in [0.2, 0.25) is 0 Å². The fraction of sp³-hybridized carbons (Fsp3) is 0.688. The van der Waals surface area contributed by atoms with Gasteiger partial charge in [-0.05, 0) is 39.7 Å². The van der Waals surface area contributed by atoms with Crippen LogP contribution in [0.25, 0.3) is 0 Å². The molecule has 0 saturated carbocycles. The zero-order valence-corrected chi connectivity index (χ0v) is 13.5. The minimum atomic E-state index is -0.779. The molecule has 0 aromatic carbocycles. The molecule has 0 aromatic heterocycles. The van der Waals surface area contributed by atoms with Crippen LogP contribution >= 0.6 is 0 Å². The largest absolute Gasteiger partial charge is 0.468 e. The maximum atomic E-state index is 12.1. The van der Waals surface area contributed by atoms with Gasteiger partial charge in [0, 0.05) is 18.5 Å². The van der Waals surface area contributed by atoms with Crippen LogP contribution in [0.1, 0.15) is 33.6 Å². The highest BCUT2D eigenvalue weighted by Gasteiger charge is 2.51. The molecule has 1 spiro atoms. The summed E-state index contributed by atoms with van der Waals surface area (Å²) in [7, 11) is 1.29. The monoisotopic (exact) mass is 309 g/mol. The number of allylic oxidation sites excluding steroid dienone is 2. The Bertz CT molecular complexity index is 509. The molecule has 6 nitrogen and oxygen atoms in total. The maximum absolute atomic E-state index is 12.1. The van der Waals surface area contributed by atoms with Crippen molar-refractivity contribution >= 4 is 17.8 Å². The van der Waals surface area contributed by atoms with Crippen LogP contribution in [0.4, 0.5) is 4.79 Å². The summed E-state index contributed by atoms with van der Waals surface area (Å²) in [6, 6.07) is 0. The number of nitrogens with zero attached hydrogens (tertiary/aromatic N) is 1. The van der Waals surface area contributed by atoms with Gasteiger partial charge in [0.2, 0.25) is 0 Å². The van der Waals surface area contributed by atoms with Crippen molar-refractivity contribution in [2.45, 2.75) is 39.2 Å². The minimum Gasteiger partial charge on any atom is -0.468 e. The van der Waals surface area contributed by atoms with Crippen LogP contribution in [0.3, 0.4) is 0 Å². The Labute approximate surface area is 130 Å². The average Bonchev–Trinajstić information content (AvgIpc) is 2.74. The van der Waals surface area contributed by atoms with Gasteiger partial charge in [0.1, 0.15) is 11.5 Å². The van der Waals surface area contributed by atoms with E-state index in [-0.39, 0.29) is 11.9 Å². The number of likely N-dealkylation sites (tertiary alicyclic amines) is 1. The summed E-state index contributed by atoms with van der Waals surface area (Å²) >= 11 is 0. The Morgan fingerprint density at radius 2 is 1.86 bits per heavy atom. The van der Waals surface area contributed by atoms with Gasteiger partial charge < -0.3 is 14.4 Å². The molecule has 2 aliphatic rings. The lowest BCUT2D eigenvalue weighted by Gasteiger charge is -2.40. The van der Waals surface area contributed by atoms with E-state index >= 15 is 0 Å². The third-order valence-electron chi connectivity index (χ3n) is 4.22. The van der Waals surface area contributed by atoms with Crippen LogP contribution < -0.4 is 0 Å². The van der Waals surface area contributed by atoms with Gasteiger partial charge in [0.05, 0.1) is 7.11 Å². The van der Waals surface area contributed by atoms with Gasteiger partial charge in [-0.2, -0.15) is 0 Å². The first kappa shape index (κ1) is 16.5. The molecule has 1 unspecified atom stereocenters. The highest BCUT2D eigenvalue weighted by Crippen LogP contribution is 2.45. The Morgan fingerprint density at radius 3 is 2.36 bits per heavy atom. The van der Waals surface area contributed by atoms with Gasteiger partial charge in [0.15, 0.2) is 5.78 Å². The van der Waals surface area contributed by atoms with Crippen molar-refractivity contribution in [1.29, 1.82) is 0 Å². The standard InChI is InChI=1S/C16H23NO5/c1-15(2,3)22-14(20)17-9-7-16(8-10-17)6-5-11(18)12(16)13(19)21-4/h5-6,12H,7-10H2,1-4H3. The summed E-state index contributed by atoms with van der Waals surface area (Å²) < 4.78 is 10.1. The number of piperidine rings is 1. The quantitative estimate of drug-likeness (QED) is 0.546. The number of hydrogen-bond donors (Lipinski definition) is 0. The van der Waals surface area contributed by atoms with Crippen molar-refractivity contribution in [3.05, 3.63) is 12.2 Å². The van der Waals surface area contributed by atoms with Crippen molar-refractivity contribution in [3.63, 3.8) is 0 Å². The van der Waals surface area contributed by atoms with E-state index in [0.717, 1.165) is 0 Å². The van der Waals surface area contributed by atoms with Gasteiger partial charge in [0.25, 0.3) is 0 Å². The van der Waals surface area contributed by atoms with Crippen LogP contribution in [0.5, 0.6) is 0 Å². The highest BCUT2D eigenvalue weighted by atomic mass is 16.6. The van der Waals surface area contributed by atoms with Crippen molar-refractivity contribution < 1.29 is 23.9 Å². The van der Waals surface area contributed by atoms with Crippen molar-refractivity contribution in [2.24, 2.45) is 11.3 Å². The smallest absolute Gasteiger partial charge is 0.410 e. The lowest BCUT2D eigenvalue weighted by Crippen LogP contribution is -2.48. The normalized spacial score (nSPS) is 23.7. The van der Waals surface area contributed by atoms with Gasteiger partial charge in [-0.1, -0.05) is 6.08 Å². The molecule has 1 aliphatic carbocycles. The molecular formula is C16H23NO5. The maximum Gasteiger partial charge on any atom is 0.410 e. The molecule has 6 heteroatoms. The number of rotatable bonds is 1. The van der Waals surface area contributed by atoms with Gasteiger partial charge in [-0.3, -0.25) is 9.59 Å². The molecule has 1 fully saturated rings. The van der Waals surface area contributed by atoms with E-state index in [9.17, 15) is 14.4 Å². The molecule has 122 valence electrons. The van der Waals surface area contributed by atoms with Crippen molar-refractivity contribution in [2.75, 3.05) is 20.2 Å². The van der Waals surface area contributed by atoms with E-state index in [0.29, 0.717) is 25.9 Å². The van der Waals surface area contributed by atoms with Crippen LogP contribution in [-0.4, -0.2) is 48.5 Å². The summed E-state index contributed by atoms with van der Waals surface area (Å²) in [6.45, 7) is 6.38. The number of esters is 1. The number of methoxy groups -OCH3 is 1. The number of carbonyl (C=O) groups is 3. The molecular weight excluding hydrogens is 286 g/mol. The van der Waals surface area contributed by atoms with E-state index in [1.807, 2.05) is 26.8 Å². The summed E-state index contributed by atoms with van der Waals surface area (Å²) in [5.74, 6) is -1.49. The lowest BCUT2D eigenvalue weighted by molar-refractivity contribution is -0.152. The van der Waals surface area contributed by atoms with E-state index in [1.54, 1.807) is 4.90 Å². The summed E-state index contributed by atoms with van der Waals surface area (Å²) in [5, 5.41) is 0. The first-order valence-electron chi connectivity index (χ1n) is 7.47. The predicted molar refractivity (Wildman–Crippen MR) is 79.1 cm³/mol. The van der Waals surface area contributed by atoms with Crippen molar-refractivity contribution in [1.82, 2.24) is 4.90 Å². The van der Waals surface area contributed by atoms with Crippen molar-refractivity contribution in [3.8, 4) is 0 Å². The molecule has 0 bridgehead atoms. The molecule has 1 atom stereocenters. The molecule has 0 aromatic rings. The number of ketones is 1. The van der Waals surface area contributed by atoms with E-state index in [4.69, 9.17) is 9.47 Å². The molecule has 1 saturated heterocycles. The van der Waals surface area contributed by atoms with Crippen LogP contribution in [0, 0.1) is 11.3 Å². The Morgan fingerprint density at radius 1 is 1.27 bits per heavy atom. The average molecular weight is 309 g/mol. The molecule has 0 radical (unpaired) electrons. The van der Waals surface area contributed by atoms with Gasteiger partial charge >= 0.3 is 12.1 Å². The second-order valence-corrected chi connectivity index (χ2v) is 6.89. The fourth-order valence-electron chi connectivity index (χ4n) is 3.08. The summed E-state index contributed by atoms with van der Waals surface area (Å²) in [4.78, 5) is 37.6. The molecule has 22 heavy (non-hydrogen) atoms. The predicted octanol–water partition coefficient (Wildman–Crippen LogP) is 1.93. The third-order valence-corrected chi connectivity index (χ3v) is 4.22. The first-order valence-corrected chi connectivity index (χ1v) is 7.47. The fourth-order valence-corrected chi connectivity index (χ4v) is 3.08. The SMILES string of the molecule is COC(=O)C1C(=O)C=CC12CCN(C(=O)OC(C)(C)C)CC2. The van der Waals surface area contributed by atoms with Gasteiger partial charge in [-0.15, -0.1) is 0 Å². The van der Waals surface area contributed by atoms with E-state index < -0.39 is 22.9 Å². The van der Waals surface area contributed by atoms with E-state index in [2.05, 4.69) is 0 Å². The second-order valence-electron chi connectivity index (χ2n) is 6.89. The Hall–Kier alpha value is -1.85. The molecule has 1 heterocycles. The molecule has 2 rings (SSSR count). The summed E-state index contributed by atoms with van der Waals surface area (Å²) in [5.41, 5.74) is -1.06. The first-order chi connectivity index (χ1) is 10.2. The lowest BCUT2D eigenvalue weighted by atomic mass is 9.70. The second kappa shape index (κ2) is 5.74. The molecule has 1 amide bonds. The number of ether oxygens (including phenoxy) is 2. The zero-order valence-electron chi connectivity index (χ0n) is 13.5. The Kier molecular flexibility index (Phi) is 4.31. The zero-order chi connectivity index (χ0) is 16.5. The van der Waals surface area contributed by atoms with Crippen LogP contribution in [-0.2, 0) is 19.1 Å².